The van der Waals surface area contributed by atoms with Crippen molar-refractivity contribution in [1.29, 1.82) is 0 Å². The van der Waals surface area contributed by atoms with Crippen LogP contribution in [0.5, 0.6) is 11.5 Å². The largest absolute Gasteiger partial charge is 0.497 e. The number of methoxy groups -OCH3 is 2. The smallest absolute Gasteiger partial charge is 0.416 e. The predicted molar refractivity (Wildman–Crippen MR) is 84.3 cm³/mol. The number of carbonyl (C=O) groups excluding carboxylic acids is 1. The van der Waals surface area contributed by atoms with Gasteiger partial charge in [-0.3, -0.25) is 4.79 Å². The third-order valence-electron chi connectivity index (χ3n) is 3.37. The van der Waals surface area contributed by atoms with Crippen molar-refractivity contribution in [1.82, 2.24) is 0 Å². The fourth-order valence-electron chi connectivity index (χ4n) is 2.14. The van der Waals surface area contributed by atoms with Crippen LogP contribution < -0.4 is 9.47 Å². The molecule has 0 aliphatic heterocycles. The molecule has 0 bridgehead atoms. The minimum atomic E-state index is -4.66. The highest BCUT2D eigenvalue weighted by molar-refractivity contribution is 6.07. The molecule has 0 radical (unpaired) electrons. The van der Waals surface area contributed by atoms with Crippen LogP contribution in [-0.4, -0.2) is 20.0 Å². The molecular formula is C18H14F4O3. The van der Waals surface area contributed by atoms with Gasteiger partial charge >= 0.3 is 6.18 Å². The predicted octanol–water partition coefficient (Wildman–Crippen LogP) is 4.76. The Morgan fingerprint density at radius 1 is 1.00 bits per heavy atom. The second-order valence-electron chi connectivity index (χ2n) is 5.03. The fraction of sp³-hybridized carbons (Fsp3) is 0.167. The number of rotatable bonds is 5. The first-order valence-corrected chi connectivity index (χ1v) is 7.07. The van der Waals surface area contributed by atoms with E-state index < -0.39 is 28.9 Å². The molecule has 0 amide bonds. The van der Waals surface area contributed by atoms with E-state index >= 15 is 0 Å². The average Bonchev–Trinajstić information content (AvgIpc) is 2.58. The molecule has 0 N–H and O–H groups in total. The van der Waals surface area contributed by atoms with Crippen LogP contribution in [0.3, 0.4) is 0 Å². The minimum Gasteiger partial charge on any atom is -0.497 e. The van der Waals surface area contributed by atoms with Crippen LogP contribution in [0, 0.1) is 5.82 Å². The van der Waals surface area contributed by atoms with Crippen LogP contribution in [0.1, 0.15) is 21.5 Å². The number of alkyl halides is 3. The quantitative estimate of drug-likeness (QED) is 0.441. The molecule has 0 saturated carbocycles. The van der Waals surface area contributed by atoms with Crippen LogP contribution >= 0.6 is 0 Å². The lowest BCUT2D eigenvalue weighted by molar-refractivity contribution is -0.137. The second-order valence-corrected chi connectivity index (χ2v) is 5.03. The number of hydrogen-bond acceptors (Lipinski definition) is 3. The summed E-state index contributed by atoms with van der Waals surface area (Å²) in [5, 5.41) is 0. The molecule has 2 aromatic carbocycles. The van der Waals surface area contributed by atoms with Gasteiger partial charge in [-0.05, 0) is 42.0 Å². The molecule has 0 heterocycles. The Morgan fingerprint density at radius 3 is 2.12 bits per heavy atom. The van der Waals surface area contributed by atoms with Crippen molar-refractivity contribution in [3.8, 4) is 11.5 Å². The molecule has 0 fully saturated rings. The Balaban J connectivity index is 2.37. The van der Waals surface area contributed by atoms with Gasteiger partial charge in [-0.25, -0.2) is 4.39 Å². The van der Waals surface area contributed by atoms with Crippen molar-refractivity contribution >= 4 is 11.9 Å². The Morgan fingerprint density at radius 2 is 1.60 bits per heavy atom. The maximum atomic E-state index is 13.3. The first kappa shape index (κ1) is 18.5. The molecule has 0 aliphatic carbocycles. The van der Waals surface area contributed by atoms with Gasteiger partial charge in [-0.1, -0.05) is 6.08 Å². The van der Waals surface area contributed by atoms with E-state index in [1.165, 1.54) is 26.4 Å². The van der Waals surface area contributed by atoms with Crippen LogP contribution in [0.25, 0.3) is 6.08 Å². The number of allylic oxidation sites excluding steroid dienone is 1. The zero-order valence-electron chi connectivity index (χ0n) is 13.4. The number of carbonyl (C=O) groups is 1. The summed E-state index contributed by atoms with van der Waals surface area (Å²) in [7, 11) is 2.81. The van der Waals surface area contributed by atoms with E-state index in [1.54, 1.807) is 6.07 Å². The van der Waals surface area contributed by atoms with E-state index in [9.17, 15) is 22.4 Å². The van der Waals surface area contributed by atoms with Gasteiger partial charge in [0.1, 0.15) is 17.3 Å². The van der Waals surface area contributed by atoms with Crippen molar-refractivity contribution in [2.45, 2.75) is 6.18 Å². The van der Waals surface area contributed by atoms with Gasteiger partial charge in [0.05, 0.1) is 19.8 Å². The minimum absolute atomic E-state index is 0.164. The van der Waals surface area contributed by atoms with Crippen LogP contribution in [0.4, 0.5) is 17.6 Å². The molecule has 0 saturated heterocycles. The van der Waals surface area contributed by atoms with Crippen molar-refractivity contribution < 1.29 is 31.8 Å². The summed E-state index contributed by atoms with van der Waals surface area (Å²) in [5.74, 6) is -0.687. The van der Waals surface area contributed by atoms with Crippen LogP contribution in [-0.2, 0) is 6.18 Å². The highest BCUT2D eigenvalue weighted by atomic mass is 19.4. The number of halogens is 4. The van der Waals surface area contributed by atoms with Crippen LogP contribution in [0.15, 0.2) is 42.5 Å². The first-order chi connectivity index (χ1) is 11.7. The van der Waals surface area contributed by atoms with E-state index in [1.807, 2.05) is 0 Å². The SMILES string of the molecule is COc1cc(OC)cc(C(=O)C=Cc2cc(F)ccc2C(F)(F)F)c1. The number of hydrogen-bond donors (Lipinski definition) is 0. The molecule has 0 aliphatic rings. The summed E-state index contributed by atoms with van der Waals surface area (Å²) < 4.78 is 62.2. The summed E-state index contributed by atoms with van der Waals surface area (Å²) in [6.45, 7) is 0. The molecule has 132 valence electrons. The van der Waals surface area contributed by atoms with E-state index in [4.69, 9.17) is 9.47 Å². The highest BCUT2D eigenvalue weighted by Crippen LogP contribution is 2.33. The third-order valence-corrected chi connectivity index (χ3v) is 3.37. The molecule has 0 spiro atoms. The molecule has 25 heavy (non-hydrogen) atoms. The lowest BCUT2D eigenvalue weighted by atomic mass is 10.0. The zero-order valence-corrected chi connectivity index (χ0v) is 13.4. The fourth-order valence-corrected chi connectivity index (χ4v) is 2.14. The summed E-state index contributed by atoms with van der Waals surface area (Å²) >= 11 is 0. The van der Waals surface area contributed by atoms with Crippen molar-refractivity contribution in [3.63, 3.8) is 0 Å². The molecule has 3 nitrogen and oxygen atoms in total. The van der Waals surface area contributed by atoms with E-state index in [0.717, 1.165) is 24.3 Å². The molecule has 0 aromatic heterocycles. The molecule has 2 aromatic rings. The average molecular weight is 354 g/mol. The van der Waals surface area contributed by atoms with Gasteiger partial charge in [0.25, 0.3) is 0 Å². The second kappa shape index (κ2) is 7.38. The molecule has 0 atom stereocenters. The number of benzene rings is 2. The monoisotopic (exact) mass is 354 g/mol. The molecule has 0 unspecified atom stereocenters. The Bertz CT molecular complexity index is 788. The van der Waals surface area contributed by atoms with Gasteiger partial charge in [0, 0.05) is 11.6 Å². The zero-order chi connectivity index (χ0) is 18.6. The van der Waals surface area contributed by atoms with Gasteiger partial charge < -0.3 is 9.47 Å². The summed E-state index contributed by atoms with van der Waals surface area (Å²) in [6.07, 6.45) is -2.78. The topological polar surface area (TPSA) is 35.5 Å². The van der Waals surface area contributed by atoms with Gasteiger partial charge in [0.15, 0.2) is 5.78 Å². The van der Waals surface area contributed by atoms with Gasteiger partial charge in [-0.15, -0.1) is 0 Å². The van der Waals surface area contributed by atoms with Crippen LogP contribution in [0.2, 0.25) is 0 Å². The maximum absolute atomic E-state index is 13.3. The molecular weight excluding hydrogens is 340 g/mol. The van der Waals surface area contributed by atoms with Crippen molar-refractivity contribution in [3.05, 3.63) is 65.0 Å². The number of ether oxygens (including phenoxy) is 2. The summed E-state index contributed by atoms with van der Waals surface area (Å²) in [5.41, 5.74) is -1.30. The maximum Gasteiger partial charge on any atom is 0.416 e. The van der Waals surface area contributed by atoms with Gasteiger partial charge in [0.2, 0.25) is 0 Å². The Hall–Kier alpha value is -2.83. The number of ketones is 1. The highest BCUT2D eigenvalue weighted by Gasteiger charge is 2.32. The Labute approximate surface area is 141 Å². The van der Waals surface area contributed by atoms with Crippen molar-refractivity contribution in [2.75, 3.05) is 14.2 Å². The van der Waals surface area contributed by atoms with Gasteiger partial charge in [-0.2, -0.15) is 13.2 Å². The lowest BCUT2D eigenvalue weighted by Crippen LogP contribution is -2.07. The van der Waals surface area contributed by atoms with E-state index in [0.29, 0.717) is 17.6 Å². The lowest BCUT2D eigenvalue weighted by Gasteiger charge is -2.10. The Kier molecular flexibility index (Phi) is 5.46. The summed E-state index contributed by atoms with van der Waals surface area (Å²) in [6, 6.07) is 6.47. The first-order valence-electron chi connectivity index (χ1n) is 7.07. The van der Waals surface area contributed by atoms with E-state index in [2.05, 4.69) is 0 Å². The third kappa shape index (κ3) is 4.59. The summed E-state index contributed by atoms with van der Waals surface area (Å²) in [4.78, 5) is 12.2. The van der Waals surface area contributed by atoms with E-state index in [-0.39, 0.29) is 5.56 Å². The standard InChI is InChI=1S/C18H14F4O3/c1-24-14-8-12(9-15(10-14)25-2)17(23)6-3-11-7-13(19)4-5-16(11)18(20,21)22/h3-10H,1-2H3. The normalized spacial score (nSPS) is 11.6. The van der Waals surface area contributed by atoms with Crippen molar-refractivity contribution in [2.24, 2.45) is 0 Å². The molecule has 2 rings (SSSR count). The molecule has 7 heteroatoms.